The first-order valence-electron chi connectivity index (χ1n) is 5.66. The Morgan fingerprint density at radius 2 is 2.41 bits per heavy atom. The summed E-state index contributed by atoms with van der Waals surface area (Å²) in [5.41, 5.74) is 0. The Kier molecular flexibility index (Phi) is 3.12. The maximum atomic E-state index is 11.7. The minimum Gasteiger partial charge on any atom is -0.480 e. The van der Waals surface area contributed by atoms with Gasteiger partial charge >= 0.3 is 5.97 Å². The predicted molar refractivity (Wildman–Crippen MR) is 60.8 cm³/mol. The zero-order valence-corrected chi connectivity index (χ0v) is 9.59. The first-order valence-corrected chi connectivity index (χ1v) is 5.66. The lowest BCUT2D eigenvalue weighted by molar-refractivity contribution is -0.141. The molecule has 2 atom stereocenters. The molecule has 1 aromatic heterocycles. The summed E-state index contributed by atoms with van der Waals surface area (Å²) in [7, 11) is 0. The van der Waals surface area contributed by atoms with Gasteiger partial charge in [-0.1, -0.05) is 6.92 Å². The zero-order valence-electron chi connectivity index (χ0n) is 9.59. The van der Waals surface area contributed by atoms with E-state index in [4.69, 9.17) is 0 Å². The van der Waals surface area contributed by atoms with Crippen molar-refractivity contribution in [1.29, 1.82) is 0 Å². The van der Waals surface area contributed by atoms with Crippen molar-refractivity contribution in [3.63, 3.8) is 0 Å². The smallest absolute Gasteiger partial charge is 0.327 e. The summed E-state index contributed by atoms with van der Waals surface area (Å²) >= 11 is 0. The van der Waals surface area contributed by atoms with E-state index in [1.807, 2.05) is 0 Å². The van der Waals surface area contributed by atoms with Crippen LogP contribution in [0.5, 0.6) is 0 Å². The van der Waals surface area contributed by atoms with E-state index in [2.05, 4.69) is 9.97 Å². The number of carboxylic acid groups (broad SMARTS) is 1. The largest absolute Gasteiger partial charge is 0.480 e. The van der Waals surface area contributed by atoms with Crippen molar-refractivity contribution < 1.29 is 14.7 Å². The Labute approximate surface area is 98.7 Å². The molecule has 0 amide bonds. The second-order valence-corrected chi connectivity index (χ2v) is 4.10. The molecule has 17 heavy (non-hydrogen) atoms. The van der Waals surface area contributed by atoms with Crippen LogP contribution in [-0.2, 0) is 9.59 Å². The molecule has 0 aromatic carbocycles. The quantitative estimate of drug-likeness (QED) is 0.803. The average Bonchev–Trinajstić information content (AvgIpc) is 2.95. The fraction of sp³-hybridized carbons (Fsp3) is 0.545. The molecule has 1 unspecified atom stereocenters. The molecule has 92 valence electrons. The molecular formula is C11H15N3O3. The summed E-state index contributed by atoms with van der Waals surface area (Å²) in [4.78, 5) is 31.6. The highest BCUT2D eigenvalue weighted by atomic mass is 16.4. The van der Waals surface area contributed by atoms with Crippen molar-refractivity contribution in [3.05, 3.63) is 12.4 Å². The number of aromatic nitrogens is 2. The van der Waals surface area contributed by atoms with Crippen molar-refractivity contribution >= 4 is 17.7 Å². The lowest BCUT2D eigenvalue weighted by Gasteiger charge is -2.23. The summed E-state index contributed by atoms with van der Waals surface area (Å²) in [6.07, 6.45) is 4.16. The minimum atomic E-state index is -0.967. The Morgan fingerprint density at radius 3 is 2.94 bits per heavy atom. The number of aromatic amines is 1. The number of carbonyl (C=O) groups excluding carboxylic acids is 1. The monoisotopic (exact) mass is 237 g/mol. The first-order chi connectivity index (χ1) is 8.15. The number of nitrogens with zero attached hydrogens (tertiary/aromatic N) is 2. The van der Waals surface area contributed by atoms with Crippen molar-refractivity contribution in [2.75, 3.05) is 11.4 Å². The number of anilines is 1. The van der Waals surface area contributed by atoms with E-state index in [1.165, 1.54) is 0 Å². The molecular weight excluding hydrogens is 222 g/mol. The Morgan fingerprint density at radius 1 is 1.65 bits per heavy atom. The molecule has 0 aliphatic carbocycles. The van der Waals surface area contributed by atoms with Crippen molar-refractivity contribution in [1.82, 2.24) is 9.97 Å². The number of ketones is 1. The number of Topliss-reactive ketones (excluding diaryl/α,β-unsaturated/α-hetero) is 1. The molecule has 0 radical (unpaired) electrons. The standard InChI is InChI=1S/C11H15N3O3/c1-2-8(15)7-3-6-14(9(7)10(16)17)11-12-4-5-13-11/h4-5,7,9H,2-3,6H2,1H3,(H,12,13)(H,16,17)/t7?,9-/m1/s1. The second-order valence-electron chi connectivity index (χ2n) is 4.10. The molecule has 1 aliphatic rings. The van der Waals surface area contributed by atoms with Gasteiger partial charge in [0.15, 0.2) is 0 Å². The van der Waals surface area contributed by atoms with Gasteiger partial charge in [0.05, 0.1) is 5.92 Å². The van der Waals surface area contributed by atoms with Crippen molar-refractivity contribution in [2.24, 2.45) is 5.92 Å². The normalized spacial score (nSPS) is 23.9. The highest BCUT2D eigenvalue weighted by Gasteiger charge is 2.43. The number of aliphatic carboxylic acids is 1. The molecule has 1 saturated heterocycles. The molecule has 2 heterocycles. The van der Waals surface area contributed by atoms with Gasteiger partial charge < -0.3 is 15.0 Å². The summed E-state index contributed by atoms with van der Waals surface area (Å²) in [5.74, 6) is -0.872. The van der Waals surface area contributed by atoms with Crippen LogP contribution in [-0.4, -0.2) is 39.4 Å². The molecule has 0 spiro atoms. The van der Waals surface area contributed by atoms with Crippen LogP contribution >= 0.6 is 0 Å². The van der Waals surface area contributed by atoms with Crippen LogP contribution < -0.4 is 4.90 Å². The highest BCUT2D eigenvalue weighted by Crippen LogP contribution is 2.29. The van der Waals surface area contributed by atoms with Crippen LogP contribution in [0.4, 0.5) is 5.95 Å². The maximum Gasteiger partial charge on any atom is 0.327 e. The van der Waals surface area contributed by atoms with E-state index in [-0.39, 0.29) is 5.78 Å². The number of H-pyrrole nitrogens is 1. The number of rotatable bonds is 4. The summed E-state index contributed by atoms with van der Waals surface area (Å²) in [5, 5.41) is 9.26. The van der Waals surface area contributed by atoms with Crippen LogP contribution in [0.1, 0.15) is 19.8 Å². The summed E-state index contributed by atoms with van der Waals surface area (Å²) < 4.78 is 0. The Bertz CT molecular complexity index is 416. The van der Waals surface area contributed by atoms with Gasteiger partial charge in [-0.25, -0.2) is 9.78 Å². The van der Waals surface area contributed by atoms with Crippen LogP contribution in [0, 0.1) is 5.92 Å². The van der Waals surface area contributed by atoms with E-state index in [1.54, 1.807) is 24.2 Å². The van der Waals surface area contributed by atoms with Crippen LogP contribution in [0.15, 0.2) is 12.4 Å². The van der Waals surface area contributed by atoms with E-state index in [9.17, 15) is 14.7 Å². The molecule has 1 aliphatic heterocycles. The van der Waals surface area contributed by atoms with Gasteiger partial charge in [0.1, 0.15) is 11.8 Å². The molecule has 6 heteroatoms. The molecule has 0 saturated carbocycles. The first kappa shape index (κ1) is 11.6. The van der Waals surface area contributed by atoms with Gasteiger partial charge in [-0.3, -0.25) is 4.79 Å². The third-order valence-electron chi connectivity index (χ3n) is 3.17. The number of hydrogen-bond acceptors (Lipinski definition) is 4. The molecule has 6 nitrogen and oxygen atoms in total. The Hall–Kier alpha value is -1.85. The second kappa shape index (κ2) is 4.57. The molecule has 2 N–H and O–H groups in total. The molecule has 1 aromatic rings. The van der Waals surface area contributed by atoms with Crippen LogP contribution in [0.2, 0.25) is 0 Å². The number of hydrogen-bond donors (Lipinski definition) is 2. The Balaban J connectivity index is 2.25. The van der Waals surface area contributed by atoms with E-state index < -0.39 is 17.9 Å². The SMILES string of the molecule is CCC(=O)C1CCN(c2ncc[nH]2)[C@H]1C(=O)O. The summed E-state index contributed by atoms with van der Waals surface area (Å²) in [6.45, 7) is 2.30. The lowest BCUT2D eigenvalue weighted by Crippen LogP contribution is -2.42. The molecule has 0 bridgehead atoms. The van der Waals surface area contributed by atoms with Gasteiger partial charge in [0, 0.05) is 25.4 Å². The third-order valence-corrected chi connectivity index (χ3v) is 3.17. The number of carboxylic acids is 1. The lowest BCUT2D eigenvalue weighted by atomic mass is 9.94. The van der Waals surface area contributed by atoms with E-state index >= 15 is 0 Å². The third kappa shape index (κ3) is 2.02. The predicted octanol–water partition coefficient (Wildman–Crippen LogP) is 0.668. The van der Waals surface area contributed by atoms with Crippen molar-refractivity contribution in [3.8, 4) is 0 Å². The van der Waals surface area contributed by atoms with Gasteiger partial charge in [0.25, 0.3) is 0 Å². The fourth-order valence-corrected chi connectivity index (χ4v) is 2.35. The van der Waals surface area contributed by atoms with Gasteiger partial charge in [0.2, 0.25) is 5.95 Å². The number of imidazole rings is 1. The van der Waals surface area contributed by atoms with Gasteiger partial charge in [-0.2, -0.15) is 0 Å². The highest BCUT2D eigenvalue weighted by molar-refractivity contribution is 5.90. The number of carbonyl (C=O) groups is 2. The molecule has 1 fully saturated rings. The number of nitrogens with one attached hydrogen (secondary N) is 1. The minimum absolute atomic E-state index is 0.00598. The molecule has 2 rings (SSSR count). The fourth-order valence-electron chi connectivity index (χ4n) is 2.35. The van der Waals surface area contributed by atoms with Crippen LogP contribution in [0.25, 0.3) is 0 Å². The average molecular weight is 237 g/mol. The van der Waals surface area contributed by atoms with E-state index in [0.29, 0.717) is 25.3 Å². The topological polar surface area (TPSA) is 86.3 Å². The van der Waals surface area contributed by atoms with E-state index in [0.717, 1.165) is 0 Å². The maximum absolute atomic E-state index is 11.7. The van der Waals surface area contributed by atoms with Gasteiger partial charge in [-0.05, 0) is 6.42 Å². The summed E-state index contributed by atoms with van der Waals surface area (Å²) in [6, 6.07) is -0.798. The van der Waals surface area contributed by atoms with Crippen LogP contribution in [0.3, 0.4) is 0 Å². The van der Waals surface area contributed by atoms with Crippen molar-refractivity contribution in [2.45, 2.75) is 25.8 Å². The zero-order chi connectivity index (χ0) is 12.4. The van der Waals surface area contributed by atoms with Gasteiger partial charge in [-0.15, -0.1) is 0 Å².